The molecule has 0 aliphatic rings. The fourth-order valence-corrected chi connectivity index (χ4v) is 0. The van der Waals surface area contributed by atoms with E-state index >= 15 is 0 Å². The van der Waals surface area contributed by atoms with E-state index in [4.69, 9.17) is 10.2 Å². The summed E-state index contributed by atoms with van der Waals surface area (Å²) in [6, 6.07) is 0. The van der Waals surface area contributed by atoms with Gasteiger partial charge in [0, 0.05) is 0 Å². The minimum absolute atomic E-state index is 0.525. The van der Waals surface area contributed by atoms with Crippen molar-refractivity contribution < 1.29 is 19.0 Å². The summed E-state index contributed by atoms with van der Waals surface area (Å²) < 4.78 is 22.6. The third kappa shape index (κ3) is 2.47. The largest absolute Gasteiger partial charge is 0.360 e. The van der Waals surface area contributed by atoms with Crippen LogP contribution < -0.4 is 0 Å². The Morgan fingerprint density at radius 2 is 1.86 bits per heavy atom. The lowest BCUT2D eigenvalue weighted by Crippen LogP contribution is -2.30. The van der Waals surface area contributed by atoms with Crippen LogP contribution in [0, 0.1) is 0 Å². The molecule has 0 aromatic carbocycles. The molecule has 2 N–H and O–H groups in total. The number of hydrogen-bond acceptors (Lipinski definition) is 2. The van der Waals surface area contributed by atoms with Crippen molar-refractivity contribution in [3.05, 3.63) is 0 Å². The van der Waals surface area contributed by atoms with Crippen molar-refractivity contribution in [2.45, 2.75) is 19.1 Å². The minimum atomic E-state index is -3.11. The van der Waals surface area contributed by atoms with Gasteiger partial charge in [-0.3, -0.25) is 0 Å². The van der Waals surface area contributed by atoms with Crippen LogP contribution in [-0.4, -0.2) is 22.4 Å². The molecular weight excluding hydrogens is 106 g/mol. The summed E-state index contributed by atoms with van der Waals surface area (Å²) in [5, 5.41) is 15.4. The molecule has 7 heavy (non-hydrogen) atoms. The van der Waals surface area contributed by atoms with E-state index in [0.717, 1.165) is 0 Å². The van der Waals surface area contributed by atoms with E-state index in [0.29, 0.717) is 6.92 Å². The smallest absolute Gasteiger partial charge is 0.260 e. The van der Waals surface area contributed by atoms with Crippen LogP contribution in [-0.2, 0) is 0 Å². The highest BCUT2D eigenvalue weighted by Gasteiger charge is 2.28. The van der Waals surface area contributed by atoms with Crippen molar-refractivity contribution in [3.8, 4) is 0 Å². The van der Waals surface area contributed by atoms with Gasteiger partial charge < -0.3 is 10.2 Å². The Bertz CT molecular complexity index is 56.4. The lowest BCUT2D eigenvalue weighted by molar-refractivity contribution is -0.204. The highest BCUT2D eigenvalue weighted by Crippen LogP contribution is 2.10. The van der Waals surface area contributed by atoms with Gasteiger partial charge >= 0.3 is 0 Å². The Morgan fingerprint density at radius 1 is 1.71 bits per heavy atom. The molecule has 0 heterocycles. The fraction of sp³-hybridized carbons (Fsp3) is 1.00. The number of rotatable bonds is 1. The minimum Gasteiger partial charge on any atom is -0.360 e. The maximum absolute atomic E-state index is 11.4. The van der Waals surface area contributed by atoms with Crippen molar-refractivity contribution in [1.29, 1.82) is 0 Å². The van der Waals surface area contributed by atoms with Gasteiger partial charge in [-0.15, -0.1) is 0 Å². The van der Waals surface area contributed by atoms with E-state index in [9.17, 15) is 8.78 Å². The van der Waals surface area contributed by atoms with Crippen LogP contribution in [0.1, 0.15) is 6.92 Å². The number of hydrogen-bond donors (Lipinski definition) is 2. The van der Waals surface area contributed by atoms with Crippen molar-refractivity contribution in [3.63, 3.8) is 0 Å². The normalized spacial score (nSPS) is 23.6. The number of aliphatic hydroxyl groups excluding tert-OH is 1. The van der Waals surface area contributed by atoms with Gasteiger partial charge in [0.1, 0.15) is 0 Å². The molecule has 4 heteroatoms. The van der Waals surface area contributed by atoms with Crippen LogP contribution in [0.25, 0.3) is 0 Å². The van der Waals surface area contributed by atoms with Crippen molar-refractivity contribution in [2.24, 2.45) is 0 Å². The predicted molar refractivity (Wildman–Crippen MR) is 18.8 cm³/mol. The van der Waals surface area contributed by atoms with Crippen molar-refractivity contribution in [1.82, 2.24) is 0 Å². The average Bonchev–Trinajstić information content (AvgIpc) is 1.31. The first kappa shape index (κ1) is 6.78. The molecule has 2 nitrogen and oxygen atoms in total. The lowest BCUT2D eigenvalue weighted by Gasteiger charge is -2.11. The molecule has 0 spiro atoms. The summed E-state index contributed by atoms with van der Waals surface area (Å²) in [4.78, 5) is 0. The van der Waals surface area contributed by atoms with Crippen LogP contribution in [0.3, 0.4) is 0 Å². The van der Waals surface area contributed by atoms with Gasteiger partial charge in [-0.2, -0.15) is 0 Å². The summed E-state index contributed by atoms with van der Waals surface area (Å²) in [5.41, 5.74) is 0. The third-order valence-electron chi connectivity index (χ3n) is 0.435. The highest BCUT2D eigenvalue weighted by molar-refractivity contribution is 4.56. The van der Waals surface area contributed by atoms with Gasteiger partial charge in [-0.25, -0.2) is 8.78 Å². The first-order chi connectivity index (χ1) is 2.94. The van der Waals surface area contributed by atoms with E-state index in [2.05, 4.69) is 0 Å². The van der Waals surface area contributed by atoms with Crippen LogP contribution in [0.15, 0.2) is 0 Å². The van der Waals surface area contributed by atoms with Gasteiger partial charge in [0.2, 0.25) is 0 Å². The molecule has 0 radical (unpaired) electrons. The van der Waals surface area contributed by atoms with Crippen LogP contribution in [0.4, 0.5) is 8.78 Å². The van der Waals surface area contributed by atoms with E-state index in [1.165, 1.54) is 0 Å². The lowest BCUT2D eigenvalue weighted by atomic mass is 10.4. The second-order valence-corrected chi connectivity index (χ2v) is 1.36. The molecule has 0 saturated heterocycles. The van der Waals surface area contributed by atoms with Crippen LogP contribution >= 0.6 is 0 Å². The zero-order valence-corrected chi connectivity index (χ0v) is 3.73. The molecule has 0 aromatic rings. The number of aliphatic hydroxyl groups is 2. The monoisotopic (exact) mass is 112 g/mol. The quantitative estimate of drug-likeness (QED) is 0.499. The molecule has 0 aliphatic heterocycles. The second kappa shape index (κ2) is 1.71. The molecular formula is C3H6F2O2. The third-order valence-corrected chi connectivity index (χ3v) is 0.435. The zero-order chi connectivity index (χ0) is 6.08. The molecule has 0 rings (SSSR count). The molecule has 44 valence electrons. The zero-order valence-electron chi connectivity index (χ0n) is 3.73. The van der Waals surface area contributed by atoms with Gasteiger partial charge in [0.15, 0.2) is 0 Å². The van der Waals surface area contributed by atoms with Crippen molar-refractivity contribution in [2.75, 3.05) is 0 Å². The summed E-state index contributed by atoms with van der Waals surface area (Å²) in [6.45, 7) is 0.525. The van der Waals surface area contributed by atoms with Gasteiger partial charge in [0.25, 0.3) is 12.2 Å². The maximum Gasteiger partial charge on any atom is 0.260 e. The van der Waals surface area contributed by atoms with E-state index in [1.54, 1.807) is 0 Å². The Labute approximate surface area is 39.4 Å². The van der Waals surface area contributed by atoms with Gasteiger partial charge in [-0.1, -0.05) is 0 Å². The number of alkyl halides is 2. The van der Waals surface area contributed by atoms with E-state index in [-0.39, 0.29) is 0 Å². The SMILES string of the molecule is CC(O)(F)C(O)F. The summed E-state index contributed by atoms with van der Waals surface area (Å²) in [7, 11) is 0. The van der Waals surface area contributed by atoms with Crippen LogP contribution in [0.2, 0.25) is 0 Å². The molecule has 0 aromatic heterocycles. The van der Waals surface area contributed by atoms with E-state index < -0.39 is 12.2 Å². The second-order valence-electron chi connectivity index (χ2n) is 1.36. The summed E-state index contributed by atoms with van der Waals surface area (Å²) in [5.74, 6) is -3.11. The maximum atomic E-state index is 11.4. The first-order valence-electron chi connectivity index (χ1n) is 1.68. The Balaban J connectivity index is 3.54. The fourth-order valence-electron chi connectivity index (χ4n) is 0. The predicted octanol–water partition coefficient (Wildman–Crippen LogP) is -0.0477. The molecule has 2 unspecified atom stereocenters. The van der Waals surface area contributed by atoms with Crippen LogP contribution in [0.5, 0.6) is 0 Å². The molecule has 2 atom stereocenters. The molecule has 0 fully saturated rings. The van der Waals surface area contributed by atoms with E-state index in [1.807, 2.05) is 0 Å². The standard InChI is InChI=1S/C3H6F2O2/c1-3(5,7)2(4)6/h2,6-7H,1H3. The number of halogens is 2. The summed E-state index contributed by atoms with van der Waals surface area (Å²) >= 11 is 0. The average molecular weight is 112 g/mol. The molecule has 0 aliphatic carbocycles. The van der Waals surface area contributed by atoms with Gasteiger partial charge in [0.05, 0.1) is 0 Å². The highest BCUT2D eigenvalue weighted by atomic mass is 19.2. The van der Waals surface area contributed by atoms with Crippen molar-refractivity contribution >= 4 is 0 Å². The molecule has 0 bridgehead atoms. The Kier molecular flexibility index (Phi) is 1.66. The molecule has 0 saturated carbocycles. The Morgan fingerprint density at radius 3 is 1.86 bits per heavy atom. The Hall–Kier alpha value is -0.220. The first-order valence-corrected chi connectivity index (χ1v) is 1.68. The van der Waals surface area contributed by atoms with Gasteiger partial charge in [-0.05, 0) is 6.92 Å². The molecule has 0 amide bonds. The topological polar surface area (TPSA) is 40.5 Å². The summed E-state index contributed by atoms with van der Waals surface area (Å²) in [6.07, 6.45) is -2.81.